The van der Waals surface area contributed by atoms with E-state index in [1.807, 2.05) is 57.4 Å². The lowest BCUT2D eigenvalue weighted by Crippen LogP contribution is -2.33. The van der Waals surface area contributed by atoms with Crippen molar-refractivity contribution in [1.82, 2.24) is 9.55 Å². The van der Waals surface area contributed by atoms with Crippen LogP contribution in [-0.4, -0.2) is 15.3 Å². The monoisotopic (exact) mass is 384 g/mol. The number of hydrogen-bond acceptors (Lipinski definition) is 3. The summed E-state index contributed by atoms with van der Waals surface area (Å²) in [4.78, 5) is 16.7. The number of carbonyl (C=O) groups excluding carboxylic acids is 1. The minimum atomic E-state index is -0.674. The lowest BCUT2D eigenvalue weighted by atomic mass is 9.89. The number of ether oxygens (including phenoxy) is 1. The number of Topliss-reactive ketones (excluding diaryl/α,β-unsaturated/α-hetero) is 1. The maximum Gasteiger partial charge on any atom is 0.235 e. The highest BCUT2D eigenvalue weighted by Gasteiger charge is 2.32. The van der Waals surface area contributed by atoms with Crippen molar-refractivity contribution in [3.8, 4) is 5.75 Å². The fraction of sp³-hybridized carbons (Fsp3) is 0.333. The summed E-state index contributed by atoms with van der Waals surface area (Å²) in [6, 6.07) is 7.42. The molecule has 0 radical (unpaired) electrons. The largest absolute Gasteiger partial charge is 0.461 e. The van der Waals surface area contributed by atoms with Crippen molar-refractivity contribution in [2.75, 3.05) is 0 Å². The Labute approximate surface area is 132 Å². The Hall–Kier alpha value is -1.37. The van der Waals surface area contributed by atoms with Crippen molar-refractivity contribution in [2.24, 2.45) is 5.41 Å². The molecule has 1 atom stereocenters. The minimum Gasteiger partial charge on any atom is -0.461 e. The highest BCUT2D eigenvalue weighted by atomic mass is 127. The second-order valence-electron chi connectivity index (χ2n) is 5.53. The van der Waals surface area contributed by atoms with Gasteiger partial charge in [-0.05, 0) is 46.9 Å². The van der Waals surface area contributed by atoms with Gasteiger partial charge in [0, 0.05) is 17.8 Å². The van der Waals surface area contributed by atoms with Gasteiger partial charge in [0.1, 0.15) is 9.45 Å². The Morgan fingerprint density at radius 3 is 2.45 bits per heavy atom. The molecule has 4 nitrogen and oxygen atoms in total. The van der Waals surface area contributed by atoms with Gasteiger partial charge in [-0.3, -0.25) is 4.79 Å². The van der Waals surface area contributed by atoms with Crippen molar-refractivity contribution >= 4 is 28.4 Å². The number of carbonyl (C=O) groups is 1. The van der Waals surface area contributed by atoms with Crippen molar-refractivity contribution in [3.05, 3.63) is 46.6 Å². The van der Waals surface area contributed by atoms with E-state index in [0.717, 1.165) is 3.70 Å². The second kappa shape index (κ2) is 5.95. The van der Waals surface area contributed by atoms with Crippen LogP contribution in [0.1, 0.15) is 27.0 Å². The van der Waals surface area contributed by atoms with E-state index in [-0.39, 0.29) is 5.78 Å². The molecular weight excluding hydrogens is 367 g/mol. The number of nitrogens with zero attached hydrogens (tertiary/aromatic N) is 2. The van der Waals surface area contributed by atoms with Crippen molar-refractivity contribution in [1.29, 1.82) is 0 Å². The fourth-order valence-corrected chi connectivity index (χ4v) is 2.00. The van der Waals surface area contributed by atoms with Gasteiger partial charge in [0.15, 0.2) is 5.78 Å². The molecule has 2 heterocycles. The van der Waals surface area contributed by atoms with Crippen LogP contribution in [0, 0.1) is 9.12 Å². The van der Waals surface area contributed by atoms with Crippen LogP contribution in [-0.2, 0) is 4.79 Å². The number of pyridine rings is 1. The Kier molecular flexibility index (Phi) is 4.47. The zero-order valence-corrected chi connectivity index (χ0v) is 13.9. The third-order valence-corrected chi connectivity index (χ3v) is 3.45. The number of hydrogen-bond donors (Lipinski definition) is 0. The third-order valence-electron chi connectivity index (χ3n) is 2.81. The van der Waals surface area contributed by atoms with Crippen LogP contribution in [0.2, 0.25) is 0 Å². The molecule has 2 aromatic heterocycles. The molecule has 0 spiro atoms. The topological polar surface area (TPSA) is 44.1 Å². The zero-order chi connectivity index (χ0) is 14.8. The first kappa shape index (κ1) is 15.0. The van der Waals surface area contributed by atoms with Crippen molar-refractivity contribution in [3.63, 3.8) is 0 Å². The molecule has 106 valence electrons. The molecule has 2 rings (SSSR count). The summed E-state index contributed by atoms with van der Waals surface area (Å²) in [5, 5.41) is 0. The van der Waals surface area contributed by atoms with Crippen molar-refractivity contribution in [2.45, 2.75) is 27.0 Å². The number of ketones is 1. The number of halogens is 1. The van der Waals surface area contributed by atoms with Gasteiger partial charge in [0.05, 0.1) is 6.20 Å². The molecule has 0 aliphatic rings. The van der Waals surface area contributed by atoms with E-state index in [9.17, 15) is 4.79 Å². The first-order valence-electron chi connectivity index (χ1n) is 6.33. The quantitative estimate of drug-likeness (QED) is 0.597. The van der Waals surface area contributed by atoms with Crippen molar-refractivity contribution < 1.29 is 9.53 Å². The molecule has 0 amide bonds. The van der Waals surface area contributed by atoms with Gasteiger partial charge in [-0.15, -0.1) is 0 Å². The van der Waals surface area contributed by atoms with E-state index in [4.69, 9.17) is 4.74 Å². The summed E-state index contributed by atoms with van der Waals surface area (Å²) in [5.74, 6) is 0.606. The predicted octanol–water partition coefficient (Wildman–Crippen LogP) is 3.68. The first-order chi connectivity index (χ1) is 9.38. The molecule has 0 aliphatic carbocycles. The van der Waals surface area contributed by atoms with Gasteiger partial charge in [-0.25, -0.2) is 4.98 Å². The maximum atomic E-state index is 12.6. The molecule has 0 saturated heterocycles. The number of rotatable bonds is 4. The van der Waals surface area contributed by atoms with Crippen LogP contribution in [0.25, 0.3) is 0 Å². The Bertz CT molecular complexity index is 571. The summed E-state index contributed by atoms with van der Waals surface area (Å²) < 4.78 is 8.50. The van der Waals surface area contributed by atoms with Gasteiger partial charge in [0.25, 0.3) is 0 Å². The molecule has 1 unspecified atom stereocenters. The van der Waals surface area contributed by atoms with Crippen LogP contribution in [0.15, 0.2) is 42.9 Å². The first-order valence-corrected chi connectivity index (χ1v) is 7.41. The van der Waals surface area contributed by atoms with E-state index in [0.29, 0.717) is 5.75 Å². The predicted molar refractivity (Wildman–Crippen MR) is 85.5 cm³/mol. The standard InChI is InChI=1S/C15H17IN2O2/c1-15(2,3)13(19)14(18-8-4-5-9-18)20-11-6-7-12(16)17-10-11/h4-10,14H,1-3H3. The smallest absolute Gasteiger partial charge is 0.235 e. The van der Waals surface area contributed by atoms with E-state index < -0.39 is 11.6 Å². The summed E-state index contributed by atoms with van der Waals surface area (Å²) in [5.41, 5.74) is -0.481. The van der Waals surface area contributed by atoms with Crippen LogP contribution >= 0.6 is 22.6 Å². The molecule has 5 heteroatoms. The zero-order valence-electron chi connectivity index (χ0n) is 11.7. The van der Waals surface area contributed by atoms with E-state index in [2.05, 4.69) is 27.6 Å². The molecule has 0 saturated carbocycles. The van der Waals surface area contributed by atoms with Gasteiger partial charge in [-0.2, -0.15) is 0 Å². The van der Waals surface area contributed by atoms with Crippen LogP contribution in [0.4, 0.5) is 0 Å². The average molecular weight is 384 g/mol. The fourth-order valence-electron chi connectivity index (χ4n) is 1.69. The molecule has 0 N–H and O–H groups in total. The van der Waals surface area contributed by atoms with Gasteiger partial charge in [-0.1, -0.05) is 20.8 Å². The Morgan fingerprint density at radius 1 is 1.30 bits per heavy atom. The highest BCUT2D eigenvalue weighted by molar-refractivity contribution is 14.1. The molecule has 2 aromatic rings. The van der Waals surface area contributed by atoms with Crippen LogP contribution in [0.3, 0.4) is 0 Å². The minimum absolute atomic E-state index is 0.0206. The third kappa shape index (κ3) is 3.59. The second-order valence-corrected chi connectivity index (χ2v) is 6.64. The van der Waals surface area contributed by atoms with E-state index in [1.165, 1.54) is 0 Å². The Morgan fingerprint density at radius 2 is 1.95 bits per heavy atom. The molecule has 0 fully saturated rings. The molecular formula is C15H17IN2O2. The van der Waals surface area contributed by atoms with Crippen LogP contribution in [0.5, 0.6) is 5.75 Å². The normalized spacial score (nSPS) is 13.0. The summed E-state index contributed by atoms with van der Waals surface area (Å²) in [6.45, 7) is 5.67. The lowest BCUT2D eigenvalue weighted by molar-refractivity contribution is -0.137. The highest BCUT2D eigenvalue weighted by Crippen LogP contribution is 2.26. The van der Waals surface area contributed by atoms with Gasteiger partial charge < -0.3 is 9.30 Å². The molecule has 0 bridgehead atoms. The summed E-state index contributed by atoms with van der Waals surface area (Å²) in [6.07, 6.45) is 4.61. The Balaban J connectivity index is 2.28. The maximum absolute atomic E-state index is 12.6. The molecule has 20 heavy (non-hydrogen) atoms. The molecule has 0 aliphatic heterocycles. The van der Waals surface area contributed by atoms with Gasteiger partial charge >= 0.3 is 0 Å². The van der Waals surface area contributed by atoms with Gasteiger partial charge in [0.2, 0.25) is 6.23 Å². The summed E-state index contributed by atoms with van der Waals surface area (Å²) >= 11 is 2.13. The van der Waals surface area contributed by atoms with E-state index >= 15 is 0 Å². The SMILES string of the molecule is CC(C)(C)C(=O)C(Oc1ccc(I)nc1)n1cccc1. The van der Waals surface area contributed by atoms with E-state index in [1.54, 1.807) is 10.8 Å². The van der Waals surface area contributed by atoms with Crippen LogP contribution < -0.4 is 4.74 Å². The summed E-state index contributed by atoms with van der Waals surface area (Å²) in [7, 11) is 0. The molecule has 0 aromatic carbocycles. The average Bonchev–Trinajstić information content (AvgIpc) is 2.90. The number of aromatic nitrogens is 2. The lowest BCUT2D eigenvalue weighted by Gasteiger charge is -2.26.